The fraction of sp³-hybridized carbons (Fsp3) is 0.824. The molecule has 27 heavy (non-hydrogen) atoms. The van der Waals surface area contributed by atoms with Gasteiger partial charge in [0, 0.05) is 0 Å². The molecular weight excluding hydrogens is 354 g/mol. The maximum atomic E-state index is 12.0. The number of aliphatic imine (C=N–C) groups is 1. The zero-order valence-corrected chi connectivity index (χ0v) is 17.9. The van der Waals surface area contributed by atoms with E-state index in [1.807, 2.05) is 6.92 Å². The van der Waals surface area contributed by atoms with Gasteiger partial charge in [0.1, 0.15) is 11.2 Å². The molecule has 0 saturated carbocycles. The summed E-state index contributed by atoms with van der Waals surface area (Å²) in [6, 6.07) is 0. The van der Waals surface area contributed by atoms with Crippen molar-refractivity contribution in [1.29, 1.82) is 0 Å². The lowest BCUT2D eigenvalue weighted by Gasteiger charge is -2.30. The number of hydrogen-bond acceptors (Lipinski definition) is 7. The molecule has 1 atom stereocenters. The highest BCUT2D eigenvalue weighted by molar-refractivity contribution is 5.98. The predicted octanol–water partition coefficient (Wildman–Crippen LogP) is 1.51. The van der Waals surface area contributed by atoms with Crippen LogP contribution in [0.4, 0.5) is 9.59 Å². The molecule has 0 spiro atoms. The van der Waals surface area contributed by atoms with Gasteiger partial charge in [0.05, 0.1) is 6.67 Å². The first-order chi connectivity index (χ1) is 12.1. The molecule has 0 radical (unpaired) electrons. The SMILES string of the molecule is CCN(C)C(O)N(C)CN/C(=N\C(=O)OC(C)(C)C)NC(=O)OC(C)(C)C. The summed E-state index contributed by atoms with van der Waals surface area (Å²) in [5.41, 5.74) is -1.44. The van der Waals surface area contributed by atoms with Gasteiger partial charge in [-0.05, 0) is 62.2 Å². The Bertz CT molecular complexity index is 525. The number of carbonyl (C=O) groups excluding carboxylic acids is 2. The molecule has 0 bridgehead atoms. The number of nitrogens with one attached hydrogen (secondary N) is 2. The molecule has 0 heterocycles. The highest BCUT2D eigenvalue weighted by Gasteiger charge is 2.21. The van der Waals surface area contributed by atoms with Crippen LogP contribution in [0.3, 0.4) is 0 Å². The summed E-state index contributed by atoms with van der Waals surface area (Å²) in [6.45, 7) is 12.9. The number of alkyl carbamates (subject to hydrolysis) is 1. The minimum Gasteiger partial charge on any atom is -0.444 e. The van der Waals surface area contributed by atoms with Crippen molar-refractivity contribution in [3.05, 3.63) is 0 Å². The molecule has 10 nitrogen and oxygen atoms in total. The van der Waals surface area contributed by atoms with Crippen LogP contribution >= 0.6 is 0 Å². The van der Waals surface area contributed by atoms with Crippen molar-refractivity contribution in [2.75, 3.05) is 27.3 Å². The van der Waals surface area contributed by atoms with Crippen molar-refractivity contribution in [3.8, 4) is 0 Å². The van der Waals surface area contributed by atoms with E-state index in [9.17, 15) is 14.7 Å². The van der Waals surface area contributed by atoms with Crippen LogP contribution in [0.15, 0.2) is 4.99 Å². The molecule has 10 heteroatoms. The Morgan fingerprint density at radius 3 is 2.00 bits per heavy atom. The standard InChI is InChI=1S/C17H35N5O5/c1-10-21(8)15(25)22(9)11-18-12(19-13(23)26-16(2,3)4)20-14(24)27-17(5,6)7/h15,25H,10-11H2,1-9H3,(H2,18,19,20,23,24). The van der Waals surface area contributed by atoms with E-state index < -0.39 is 29.7 Å². The zero-order chi connectivity index (χ0) is 21.4. The quantitative estimate of drug-likeness (QED) is 0.368. The smallest absolute Gasteiger partial charge is 0.437 e. The largest absolute Gasteiger partial charge is 0.444 e. The molecule has 0 saturated heterocycles. The van der Waals surface area contributed by atoms with Crippen molar-refractivity contribution in [2.24, 2.45) is 4.99 Å². The number of guanidine groups is 1. The monoisotopic (exact) mass is 389 g/mol. The van der Waals surface area contributed by atoms with Crippen LogP contribution in [0.25, 0.3) is 0 Å². The zero-order valence-electron chi connectivity index (χ0n) is 17.9. The Morgan fingerprint density at radius 2 is 1.56 bits per heavy atom. The van der Waals surface area contributed by atoms with Gasteiger partial charge in [-0.15, -0.1) is 4.99 Å². The summed E-state index contributed by atoms with van der Waals surface area (Å²) in [7, 11) is 3.43. The summed E-state index contributed by atoms with van der Waals surface area (Å²) < 4.78 is 10.3. The molecule has 0 aliphatic carbocycles. The molecular formula is C17H35N5O5. The molecule has 1 unspecified atom stereocenters. The van der Waals surface area contributed by atoms with Crippen LogP contribution in [-0.4, -0.2) is 77.9 Å². The summed E-state index contributed by atoms with van der Waals surface area (Å²) in [6.07, 6.45) is -2.49. The van der Waals surface area contributed by atoms with E-state index in [0.717, 1.165) is 0 Å². The van der Waals surface area contributed by atoms with Crippen LogP contribution in [0.2, 0.25) is 0 Å². The number of aliphatic hydroxyl groups excluding tert-OH is 1. The highest BCUT2D eigenvalue weighted by Crippen LogP contribution is 2.08. The van der Waals surface area contributed by atoms with Gasteiger partial charge >= 0.3 is 12.2 Å². The molecule has 0 aliphatic heterocycles. The molecule has 158 valence electrons. The summed E-state index contributed by atoms with van der Waals surface area (Å²) in [4.78, 5) is 30.9. The van der Waals surface area contributed by atoms with Crippen LogP contribution in [0.1, 0.15) is 48.5 Å². The van der Waals surface area contributed by atoms with Gasteiger partial charge in [0.25, 0.3) is 0 Å². The van der Waals surface area contributed by atoms with Gasteiger partial charge < -0.3 is 19.9 Å². The van der Waals surface area contributed by atoms with E-state index >= 15 is 0 Å². The Kier molecular flexibility index (Phi) is 9.69. The first-order valence-corrected chi connectivity index (χ1v) is 8.78. The fourth-order valence-electron chi connectivity index (χ4n) is 1.67. The molecule has 0 aliphatic rings. The number of hydrogen-bond donors (Lipinski definition) is 3. The van der Waals surface area contributed by atoms with E-state index in [2.05, 4.69) is 15.6 Å². The van der Waals surface area contributed by atoms with E-state index in [1.165, 1.54) is 0 Å². The summed E-state index contributed by atoms with van der Waals surface area (Å²) in [5.74, 6) is -0.142. The number of rotatable bonds is 5. The van der Waals surface area contributed by atoms with Gasteiger partial charge in [-0.2, -0.15) is 0 Å². The number of ether oxygens (including phenoxy) is 2. The third-order valence-corrected chi connectivity index (χ3v) is 3.00. The van der Waals surface area contributed by atoms with E-state index in [-0.39, 0.29) is 12.6 Å². The molecule has 2 amide bonds. The lowest BCUT2D eigenvalue weighted by atomic mass is 10.2. The van der Waals surface area contributed by atoms with Crippen molar-refractivity contribution < 1.29 is 24.2 Å². The lowest BCUT2D eigenvalue weighted by Crippen LogP contribution is -2.52. The Labute approximate surface area is 161 Å². The highest BCUT2D eigenvalue weighted by atomic mass is 16.6. The molecule has 0 aromatic carbocycles. The number of nitrogens with zero attached hydrogens (tertiary/aromatic N) is 3. The second kappa shape index (κ2) is 10.4. The van der Waals surface area contributed by atoms with E-state index in [1.54, 1.807) is 65.4 Å². The minimum atomic E-state index is -0.866. The van der Waals surface area contributed by atoms with Crippen molar-refractivity contribution in [2.45, 2.75) is 66.0 Å². The van der Waals surface area contributed by atoms with Gasteiger partial charge in [0.15, 0.2) is 6.35 Å². The van der Waals surface area contributed by atoms with Gasteiger partial charge in [-0.1, -0.05) is 6.92 Å². The van der Waals surface area contributed by atoms with E-state index in [4.69, 9.17) is 9.47 Å². The number of aliphatic hydroxyl groups is 1. The fourth-order valence-corrected chi connectivity index (χ4v) is 1.67. The van der Waals surface area contributed by atoms with Crippen LogP contribution < -0.4 is 10.6 Å². The second-order valence-electron chi connectivity index (χ2n) is 8.08. The lowest BCUT2D eigenvalue weighted by molar-refractivity contribution is -0.0879. The van der Waals surface area contributed by atoms with Crippen LogP contribution in [0.5, 0.6) is 0 Å². The first-order valence-electron chi connectivity index (χ1n) is 8.78. The Hall–Kier alpha value is -1.91. The van der Waals surface area contributed by atoms with Crippen LogP contribution in [-0.2, 0) is 9.47 Å². The maximum absolute atomic E-state index is 12.0. The minimum absolute atomic E-state index is 0.100. The normalized spacial score (nSPS) is 14.1. The van der Waals surface area contributed by atoms with E-state index in [0.29, 0.717) is 6.54 Å². The average Bonchev–Trinajstić information content (AvgIpc) is 2.46. The molecule has 0 aromatic rings. The summed E-state index contributed by atoms with van der Waals surface area (Å²) in [5, 5.41) is 15.3. The predicted molar refractivity (Wildman–Crippen MR) is 103 cm³/mol. The first kappa shape index (κ1) is 25.1. The third kappa shape index (κ3) is 12.2. The number of amides is 2. The molecule has 0 aromatic heterocycles. The second-order valence-corrected chi connectivity index (χ2v) is 8.08. The topological polar surface area (TPSA) is 116 Å². The Balaban J connectivity index is 5.12. The van der Waals surface area contributed by atoms with Gasteiger partial charge in [-0.3, -0.25) is 15.1 Å². The Morgan fingerprint density at radius 1 is 1.04 bits per heavy atom. The maximum Gasteiger partial charge on any atom is 0.437 e. The molecule has 0 fully saturated rings. The van der Waals surface area contributed by atoms with Gasteiger partial charge in [0.2, 0.25) is 5.96 Å². The number of carbonyl (C=O) groups is 2. The van der Waals surface area contributed by atoms with Crippen molar-refractivity contribution in [3.63, 3.8) is 0 Å². The molecule has 3 N–H and O–H groups in total. The van der Waals surface area contributed by atoms with Crippen molar-refractivity contribution in [1.82, 2.24) is 20.4 Å². The third-order valence-electron chi connectivity index (χ3n) is 3.00. The summed E-state index contributed by atoms with van der Waals surface area (Å²) >= 11 is 0. The van der Waals surface area contributed by atoms with Crippen LogP contribution in [0, 0.1) is 0 Å². The average molecular weight is 389 g/mol. The van der Waals surface area contributed by atoms with Gasteiger partial charge in [-0.25, -0.2) is 9.59 Å². The van der Waals surface area contributed by atoms with Crippen molar-refractivity contribution >= 4 is 18.1 Å². The molecule has 0 rings (SSSR count).